The number of aromatic nitrogens is 2. The van der Waals surface area contributed by atoms with E-state index in [1.54, 1.807) is 28.6 Å². The van der Waals surface area contributed by atoms with Crippen LogP contribution in [0, 0.1) is 11.2 Å². The normalized spacial score (nSPS) is 22.0. The topological polar surface area (TPSA) is 75.4 Å². The molecule has 1 aliphatic heterocycles. The van der Waals surface area contributed by atoms with E-state index in [4.69, 9.17) is 0 Å². The van der Waals surface area contributed by atoms with Crippen molar-refractivity contribution in [3.63, 3.8) is 0 Å². The van der Waals surface area contributed by atoms with Gasteiger partial charge in [-0.25, -0.2) is 9.07 Å². The van der Waals surface area contributed by atoms with Crippen molar-refractivity contribution < 1.29 is 19.1 Å². The number of benzene rings is 1. The molecule has 1 N–H and O–H groups in total. The number of hydrogen-bond donors (Lipinski definition) is 1. The van der Waals surface area contributed by atoms with Crippen LogP contribution >= 0.6 is 0 Å². The SMILES string of the molecule is CC1(C(=O)O)CCCN(C(=O)c2nn(-c3cccc(F)c3)c3c2CCCC3)C1. The summed E-state index contributed by atoms with van der Waals surface area (Å²) in [6.45, 7) is 2.40. The van der Waals surface area contributed by atoms with Crippen molar-refractivity contribution in [3.05, 3.63) is 47.0 Å². The predicted octanol–water partition coefficient (Wildman–Crippen LogP) is 3.22. The van der Waals surface area contributed by atoms with Crippen LogP contribution in [-0.4, -0.2) is 44.8 Å². The van der Waals surface area contributed by atoms with Crippen LogP contribution in [0.25, 0.3) is 5.69 Å². The number of amides is 1. The van der Waals surface area contributed by atoms with Crippen molar-refractivity contribution in [2.45, 2.75) is 45.4 Å². The summed E-state index contributed by atoms with van der Waals surface area (Å²) in [5.41, 5.74) is 1.93. The molecule has 1 fully saturated rings. The van der Waals surface area contributed by atoms with Crippen LogP contribution < -0.4 is 0 Å². The van der Waals surface area contributed by atoms with Crippen LogP contribution in [-0.2, 0) is 17.6 Å². The fourth-order valence-corrected chi connectivity index (χ4v) is 4.33. The Labute approximate surface area is 163 Å². The molecule has 148 valence electrons. The number of rotatable bonds is 3. The van der Waals surface area contributed by atoms with Crippen molar-refractivity contribution in [1.82, 2.24) is 14.7 Å². The second kappa shape index (κ2) is 7.04. The van der Waals surface area contributed by atoms with Gasteiger partial charge in [0.15, 0.2) is 5.69 Å². The van der Waals surface area contributed by atoms with Gasteiger partial charge in [-0.2, -0.15) is 5.10 Å². The zero-order valence-electron chi connectivity index (χ0n) is 15.9. The van der Waals surface area contributed by atoms with Crippen LogP contribution in [0.3, 0.4) is 0 Å². The highest BCUT2D eigenvalue weighted by molar-refractivity contribution is 5.94. The molecule has 1 unspecified atom stereocenters. The molecule has 2 heterocycles. The van der Waals surface area contributed by atoms with E-state index in [2.05, 4.69) is 5.10 Å². The van der Waals surface area contributed by atoms with Gasteiger partial charge in [0.05, 0.1) is 11.1 Å². The van der Waals surface area contributed by atoms with Gasteiger partial charge < -0.3 is 10.0 Å². The molecular formula is C21H24FN3O3. The number of fused-ring (bicyclic) bond motifs is 1. The van der Waals surface area contributed by atoms with Crippen molar-refractivity contribution in [3.8, 4) is 5.69 Å². The summed E-state index contributed by atoms with van der Waals surface area (Å²) in [4.78, 5) is 26.5. The maximum atomic E-state index is 13.7. The molecule has 1 aromatic heterocycles. The molecule has 0 radical (unpaired) electrons. The third-order valence-electron chi connectivity index (χ3n) is 5.94. The molecule has 28 heavy (non-hydrogen) atoms. The Kier molecular flexibility index (Phi) is 4.69. The predicted molar refractivity (Wildman–Crippen MR) is 101 cm³/mol. The number of carboxylic acids is 1. The Morgan fingerprint density at radius 1 is 1.21 bits per heavy atom. The van der Waals surface area contributed by atoms with Crippen molar-refractivity contribution in [2.75, 3.05) is 13.1 Å². The summed E-state index contributed by atoms with van der Waals surface area (Å²) >= 11 is 0. The molecular weight excluding hydrogens is 361 g/mol. The molecule has 0 bridgehead atoms. The van der Waals surface area contributed by atoms with Gasteiger partial charge in [-0.1, -0.05) is 6.07 Å². The summed E-state index contributed by atoms with van der Waals surface area (Å²) < 4.78 is 15.4. The van der Waals surface area contributed by atoms with Gasteiger partial charge in [0.25, 0.3) is 5.91 Å². The first-order chi connectivity index (χ1) is 13.4. The highest BCUT2D eigenvalue weighted by Gasteiger charge is 2.40. The first-order valence-corrected chi connectivity index (χ1v) is 9.78. The molecule has 6 nitrogen and oxygen atoms in total. The summed E-state index contributed by atoms with van der Waals surface area (Å²) in [5, 5.41) is 14.1. The third kappa shape index (κ3) is 3.19. The molecule has 2 aromatic rings. The van der Waals surface area contributed by atoms with Crippen LogP contribution in [0.1, 0.15) is 54.4 Å². The number of aliphatic carboxylic acids is 1. The number of carbonyl (C=O) groups is 2. The van der Waals surface area contributed by atoms with Gasteiger partial charge in [0.2, 0.25) is 0 Å². The Morgan fingerprint density at radius 3 is 2.75 bits per heavy atom. The average molecular weight is 385 g/mol. The zero-order valence-corrected chi connectivity index (χ0v) is 15.9. The van der Waals surface area contributed by atoms with Gasteiger partial charge in [0.1, 0.15) is 5.82 Å². The van der Waals surface area contributed by atoms with E-state index in [9.17, 15) is 19.1 Å². The molecule has 0 saturated carbocycles. The molecule has 4 rings (SSSR count). The second-order valence-electron chi connectivity index (χ2n) is 8.07. The van der Waals surface area contributed by atoms with Gasteiger partial charge in [-0.15, -0.1) is 0 Å². The Hall–Kier alpha value is -2.70. The first kappa shape index (κ1) is 18.7. The maximum absolute atomic E-state index is 13.7. The molecule has 1 saturated heterocycles. The van der Waals surface area contributed by atoms with E-state index >= 15 is 0 Å². The largest absolute Gasteiger partial charge is 0.481 e. The van der Waals surface area contributed by atoms with E-state index in [0.29, 0.717) is 30.8 Å². The standard InChI is InChI=1S/C21H24FN3O3/c1-21(20(27)28)10-5-11-24(13-21)19(26)18-16-8-2-3-9-17(16)25(23-18)15-7-4-6-14(22)12-15/h4,6-7,12H,2-3,5,8-11,13H2,1H3,(H,27,28). The van der Waals surface area contributed by atoms with Gasteiger partial charge in [-0.3, -0.25) is 9.59 Å². The minimum atomic E-state index is -0.931. The second-order valence-corrected chi connectivity index (χ2v) is 8.07. The highest BCUT2D eigenvalue weighted by Crippen LogP contribution is 2.32. The number of likely N-dealkylation sites (tertiary alicyclic amines) is 1. The molecule has 1 aromatic carbocycles. The van der Waals surface area contributed by atoms with E-state index in [1.165, 1.54) is 12.1 Å². The van der Waals surface area contributed by atoms with Crippen LogP contribution in [0.4, 0.5) is 4.39 Å². The van der Waals surface area contributed by atoms with Crippen LogP contribution in [0.5, 0.6) is 0 Å². The monoisotopic (exact) mass is 385 g/mol. The van der Waals surface area contributed by atoms with Crippen LogP contribution in [0.2, 0.25) is 0 Å². The zero-order chi connectivity index (χ0) is 19.9. The Bertz CT molecular complexity index is 939. The number of hydrogen-bond acceptors (Lipinski definition) is 3. The number of nitrogens with zero attached hydrogens (tertiary/aromatic N) is 3. The van der Waals surface area contributed by atoms with E-state index < -0.39 is 11.4 Å². The molecule has 2 aliphatic rings. The molecule has 1 aliphatic carbocycles. The molecule has 7 heteroatoms. The van der Waals surface area contributed by atoms with Crippen molar-refractivity contribution in [2.24, 2.45) is 5.41 Å². The quantitative estimate of drug-likeness (QED) is 0.880. The number of halogens is 1. The fraction of sp³-hybridized carbons (Fsp3) is 0.476. The fourth-order valence-electron chi connectivity index (χ4n) is 4.33. The minimum absolute atomic E-state index is 0.183. The number of piperidine rings is 1. The summed E-state index contributed by atoms with van der Waals surface area (Å²) in [6, 6.07) is 6.21. The van der Waals surface area contributed by atoms with Gasteiger partial charge in [0, 0.05) is 24.3 Å². The molecule has 1 amide bonds. The van der Waals surface area contributed by atoms with E-state index in [0.717, 1.165) is 36.9 Å². The highest BCUT2D eigenvalue weighted by atomic mass is 19.1. The lowest BCUT2D eigenvalue weighted by Gasteiger charge is -2.37. The average Bonchev–Trinajstić information content (AvgIpc) is 3.07. The Morgan fingerprint density at radius 2 is 2.00 bits per heavy atom. The third-order valence-corrected chi connectivity index (χ3v) is 5.94. The van der Waals surface area contributed by atoms with E-state index in [1.807, 2.05) is 0 Å². The molecule has 1 atom stereocenters. The minimum Gasteiger partial charge on any atom is -0.481 e. The summed E-state index contributed by atoms with van der Waals surface area (Å²) in [7, 11) is 0. The summed E-state index contributed by atoms with van der Waals surface area (Å²) in [6.07, 6.45) is 4.75. The number of carbonyl (C=O) groups excluding carboxylic acids is 1. The van der Waals surface area contributed by atoms with Crippen molar-refractivity contribution >= 4 is 11.9 Å². The lowest BCUT2D eigenvalue weighted by atomic mass is 9.82. The number of carboxylic acid groups (broad SMARTS) is 1. The lowest BCUT2D eigenvalue weighted by molar-refractivity contribution is -0.150. The lowest BCUT2D eigenvalue weighted by Crippen LogP contribution is -2.48. The van der Waals surface area contributed by atoms with Gasteiger partial charge in [-0.05, 0) is 63.6 Å². The van der Waals surface area contributed by atoms with Crippen molar-refractivity contribution in [1.29, 1.82) is 0 Å². The maximum Gasteiger partial charge on any atom is 0.311 e. The summed E-state index contributed by atoms with van der Waals surface area (Å²) in [5.74, 6) is -1.45. The van der Waals surface area contributed by atoms with Crippen LogP contribution in [0.15, 0.2) is 24.3 Å². The molecule has 0 spiro atoms. The van der Waals surface area contributed by atoms with E-state index in [-0.39, 0.29) is 18.3 Å². The Balaban J connectivity index is 1.72. The van der Waals surface area contributed by atoms with Gasteiger partial charge >= 0.3 is 5.97 Å². The smallest absolute Gasteiger partial charge is 0.311 e. The first-order valence-electron chi connectivity index (χ1n) is 9.78.